The van der Waals surface area contributed by atoms with Gasteiger partial charge in [0.15, 0.2) is 0 Å². The van der Waals surface area contributed by atoms with Gasteiger partial charge in [0.2, 0.25) is 21.8 Å². The summed E-state index contributed by atoms with van der Waals surface area (Å²) in [4.78, 5) is 29.4. The molecule has 40 heavy (non-hydrogen) atoms. The third-order valence-corrected chi connectivity index (χ3v) is 7.94. The maximum Gasteiger partial charge on any atom is 0.244 e. The molecule has 0 aliphatic carbocycles. The second kappa shape index (κ2) is 13.6. The second-order valence-electron chi connectivity index (χ2n) is 10.8. The number of nitrogens with one attached hydrogen (secondary N) is 1. The average molecular weight is 564 g/mol. The quantitative estimate of drug-likeness (QED) is 0.334. The summed E-state index contributed by atoms with van der Waals surface area (Å²) < 4.78 is 27.3. The number of carbonyl (C=O) groups excluding carboxylic acids is 2. The molecule has 0 saturated carbocycles. The summed E-state index contributed by atoms with van der Waals surface area (Å²) in [5, 5.41) is 2.97. The van der Waals surface area contributed by atoms with Gasteiger partial charge in [0, 0.05) is 19.0 Å². The van der Waals surface area contributed by atoms with Crippen molar-refractivity contribution in [2.45, 2.75) is 65.6 Å². The van der Waals surface area contributed by atoms with Gasteiger partial charge < -0.3 is 10.2 Å². The van der Waals surface area contributed by atoms with Crippen molar-refractivity contribution in [1.82, 2.24) is 10.2 Å². The van der Waals surface area contributed by atoms with E-state index in [-0.39, 0.29) is 24.4 Å². The smallest absolute Gasteiger partial charge is 0.244 e. The Kier molecular flexibility index (Phi) is 10.5. The topological polar surface area (TPSA) is 86.8 Å². The molecule has 0 aromatic heterocycles. The minimum Gasteiger partial charge on any atom is -0.352 e. The Morgan fingerprint density at radius 1 is 0.850 bits per heavy atom. The van der Waals surface area contributed by atoms with E-state index >= 15 is 0 Å². The van der Waals surface area contributed by atoms with E-state index in [4.69, 9.17) is 0 Å². The van der Waals surface area contributed by atoms with Gasteiger partial charge in [-0.2, -0.15) is 0 Å². The third kappa shape index (κ3) is 8.18. The molecule has 7 nitrogen and oxygen atoms in total. The van der Waals surface area contributed by atoms with Crippen molar-refractivity contribution in [1.29, 1.82) is 0 Å². The molecule has 0 radical (unpaired) electrons. The third-order valence-electron chi connectivity index (χ3n) is 6.81. The number of aryl methyl sites for hydroxylation is 1. The summed E-state index contributed by atoms with van der Waals surface area (Å²) in [7, 11) is -3.82. The fourth-order valence-electron chi connectivity index (χ4n) is 4.70. The standard InChI is InChI=1S/C32H41N3O4S/c1-23(2)28-18-12-13-19-29(28)35(40(6,38)39)22-31(36)34(21-27-17-11-10-14-25(27)5)30(32(37)33-24(3)4)20-26-15-8-7-9-16-26/h7-19,23-24,30H,20-22H2,1-6H3,(H,33,37)/t30-/m0/s1. The maximum absolute atomic E-state index is 14.2. The first kappa shape index (κ1) is 30.9. The van der Waals surface area contributed by atoms with Crippen LogP contribution in [0.15, 0.2) is 78.9 Å². The largest absolute Gasteiger partial charge is 0.352 e. The number of amides is 2. The highest BCUT2D eigenvalue weighted by molar-refractivity contribution is 7.92. The number of carbonyl (C=O) groups is 2. The van der Waals surface area contributed by atoms with Crippen molar-refractivity contribution in [2.24, 2.45) is 0 Å². The normalized spacial score (nSPS) is 12.3. The fraction of sp³-hybridized carbons (Fsp3) is 0.375. The molecule has 3 aromatic rings. The monoisotopic (exact) mass is 563 g/mol. The van der Waals surface area contributed by atoms with E-state index in [0.29, 0.717) is 12.1 Å². The highest BCUT2D eigenvalue weighted by Crippen LogP contribution is 2.29. The molecule has 1 N–H and O–H groups in total. The molecular formula is C32H41N3O4S. The average Bonchev–Trinajstić information content (AvgIpc) is 2.89. The number of hydrogen-bond donors (Lipinski definition) is 1. The van der Waals surface area contributed by atoms with Crippen LogP contribution in [0.1, 0.15) is 55.9 Å². The molecule has 3 rings (SSSR count). The van der Waals surface area contributed by atoms with E-state index < -0.39 is 28.5 Å². The van der Waals surface area contributed by atoms with Crippen LogP contribution in [0.2, 0.25) is 0 Å². The number of sulfonamides is 1. The molecule has 3 aromatic carbocycles. The van der Waals surface area contributed by atoms with Gasteiger partial charge >= 0.3 is 0 Å². The van der Waals surface area contributed by atoms with Crippen molar-refractivity contribution >= 4 is 27.5 Å². The molecule has 214 valence electrons. The molecule has 0 unspecified atom stereocenters. The van der Waals surface area contributed by atoms with Crippen LogP contribution in [0.3, 0.4) is 0 Å². The van der Waals surface area contributed by atoms with E-state index in [2.05, 4.69) is 5.32 Å². The zero-order chi connectivity index (χ0) is 29.4. The van der Waals surface area contributed by atoms with E-state index in [1.807, 2.05) is 101 Å². The molecule has 2 amide bonds. The molecular weight excluding hydrogens is 522 g/mol. The van der Waals surface area contributed by atoms with Gasteiger partial charge in [-0.3, -0.25) is 13.9 Å². The molecule has 0 heterocycles. The Bertz CT molecular complexity index is 1400. The first-order valence-corrected chi connectivity index (χ1v) is 15.5. The van der Waals surface area contributed by atoms with Crippen molar-refractivity contribution in [3.63, 3.8) is 0 Å². The van der Waals surface area contributed by atoms with Crippen molar-refractivity contribution in [2.75, 3.05) is 17.1 Å². The van der Waals surface area contributed by atoms with Crippen LogP contribution < -0.4 is 9.62 Å². The zero-order valence-corrected chi connectivity index (χ0v) is 25.1. The summed E-state index contributed by atoms with van der Waals surface area (Å²) in [6.07, 6.45) is 1.40. The van der Waals surface area contributed by atoms with Gasteiger partial charge in [-0.25, -0.2) is 8.42 Å². The number of para-hydroxylation sites is 1. The molecule has 0 spiro atoms. The van der Waals surface area contributed by atoms with Crippen LogP contribution in [-0.4, -0.2) is 50.0 Å². The van der Waals surface area contributed by atoms with Crippen LogP contribution >= 0.6 is 0 Å². The molecule has 0 bridgehead atoms. The lowest BCUT2D eigenvalue weighted by atomic mass is 10.0. The number of hydrogen-bond acceptors (Lipinski definition) is 4. The van der Waals surface area contributed by atoms with E-state index in [9.17, 15) is 18.0 Å². The van der Waals surface area contributed by atoms with Crippen LogP contribution in [0.25, 0.3) is 0 Å². The van der Waals surface area contributed by atoms with E-state index in [1.54, 1.807) is 12.1 Å². The van der Waals surface area contributed by atoms with Gasteiger partial charge in [-0.15, -0.1) is 0 Å². The fourth-order valence-corrected chi connectivity index (χ4v) is 5.57. The number of rotatable bonds is 12. The number of benzene rings is 3. The molecule has 1 atom stereocenters. The van der Waals surface area contributed by atoms with E-state index in [0.717, 1.165) is 32.8 Å². The van der Waals surface area contributed by atoms with Gasteiger partial charge in [-0.1, -0.05) is 86.6 Å². The Balaban J connectivity index is 2.10. The Labute approximate surface area is 239 Å². The van der Waals surface area contributed by atoms with E-state index in [1.165, 1.54) is 4.90 Å². The Morgan fingerprint density at radius 2 is 1.45 bits per heavy atom. The van der Waals surface area contributed by atoms with Gasteiger partial charge in [0.05, 0.1) is 11.9 Å². The Hall–Kier alpha value is -3.65. The van der Waals surface area contributed by atoms with Gasteiger partial charge in [0.1, 0.15) is 12.6 Å². The molecule has 0 aliphatic heterocycles. The number of nitrogens with zero attached hydrogens (tertiary/aromatic N) is 2. The highest BCUT2D eigenvalue weighted by Gasteiger charge is 2.34. The summed E-state index contributed by atoms with van der Waals surface area (Å²) in [6, 6.07) is 23.5. The minimum absolute atomic E-state index is 0.0428. The summed E-state index contributed by atoms with van der Waals surface area (Å²) in [5.41, 5.74) is 4.06. The zero-order valence-electron chi connectivity index (χ0n) is 24.3. The van der Waals surface area contributed by atoms with Crippen molar-refractivity contribution in [3.8, 4) is 0 Å². The SMILES string of the molecule is Cc1ccccc1CN(C(=O)CN(c1ccccc1C(C)C)S(C)(=O)=O)[C@@H](Cc1ccccc1)C(=O)NC(C)C. The first-order chi connectivity index (χ1) is 18.9. The molecule has 0 aliphatic rings. The molecule has 0 fully saturated rings. The van der Waals surface area contributed by atoms with Gasteiger partial charge in [0.25, 0.3) is 0 Å². The summed E-state index contributed by atoms with van der Waals surface area (Å²) >= 11 is 0. The highest BCUT2D eigenvalue weighted by atomic mass is 32.2. The Morgan fingerprint density at radius 3 is 2.05 bits per heavy atom. The predicted octanol–water partition coefficient (Wildman–Crippen LogP) is 5.05. The second-order valence-corrected chi connectivity index (χ2v) is 12.7. The molecule has 0 saturated heterocycles. The van der Waals surface area contributed by atoms with Crippen LogP contribution in [0.4, 0.5) is 5.69 Å². The van der Waals surface area contributed by atoms with Gasteiger partial charge in [-0.05, 0) is 55.0 Å². The minimum atomic E-state index is -3.82. The maximum atomic E-state index is 14.2. The summed E-state index contributed by atoms with van der Waals surface area (Å²) in [6.45, 7) is 9.42. The van der Waals surface area contributed by atoms with Crippen molar-refractivity contribution in [3.05, 3.63) is 101 Å². The summed E-state index contributed by atoms with van der Waals surface area (Å²) in [5.74, 6) is -0.692. The molecule has 8 heteroatoms. The lowest BCUT2D eigenvalue weighted by molar-refractivity contribution is -0.140. The lowest BCUT2D eigenvalue weighted by Crippen LogP contribution is -2.54. The first-order valence-electron chi connectivity index (χ1n) is 13.6. The lowest BCUT2D eigenvalue weighted by Gasteiger charge is -2.34. The van der Waals surface area contributed by atoms with Crippen LogP contribution in [0.5, 0.6) is 0 Å². The van der Waals surface area contributed by atoms with Crippen molar-refractivity contribution < 1.29 is 18.0 Å². The predicted molar refractivity (Wildman–Crippen MR) is 162 cm³/mol. The number of anilines is 1. The van der Waals surface area contributed by atoms with Crippen LogP contribution in [-0.2, 0) is 32.6 Å². The van der Waals surface area contributed by atoms with Crippen LogP contribution in [0, 0.1) is 6.92 Å².